The van der Waals surface area contributed by atoms with Gasteiger partial charge in [-0.2, -0.15) is 0 Å². The zero-order chi connectivity index (χ0) is 25.9. The van der Waals surface area contributed by atoms with Gasteiger partial charge in [0.05, 0.1) is 36.6 Å². The molecule has 9 heteroatoms. The molecule has 2 saturated heterocycles. The Morgan fingerprint density at radius 3 is 2.58 bits per heavy atom. The SMILES string of the molecule is O=C(Cn1cc(C=C2SC(=Nc3ccccc3)N(Cc3ccco3)C2=O)c2ccccc21)N1CCOCC1. The molecule has 0 radical (unpaired) electrons. The number of ether oxygens (including phenoxy) is 1. The molecule has 38 heavy (non-hydrogen) atoms. The van der Waals surface area contributed by atoms with Crippen molar-refractivity contribution in [3.8, 4) is 0 Å². The second kappa shape index (κ2) is 10.7. The summed E-state index contributed by atoms with van der Waals surface area (Å²) in [7, 11) is 0. The number of carbonyl (C=O) groups excluding carboxylic acids is 2. The van der Waals surface area contributed by atoms with E-state index < -0.39 is 0 Å². The predicted molar refractivity (Wildman–Crippen MR) is 148 cm³/mol. The normalized spacial score (nSPS) is 18.3. The van der Waals surface area contributed by atoms with E-state index in [4.69, 9.17) is 14.1 Å². The molecule has 2 aromatic carbocycles. The Balaban J connectivity index is 1.33. The number of amidine groups is 1. The summed E-state index contributed by atoms with van der Waals surface area (Å²) in [4.78, 5) is 35.4. The summed E-state index contributed by atoms with van der Waals surface area (Å²) in [5.74, 6) is 0.600. The van der Waals surface area contributed by atoms with Gasteiger partial charge in [0.15, 0.2) is 5.17 Å². The van der Waals surface area contributed by atoms with E-state index in [2.05, 4.69) is 0 Å². The fourth-order valence-corrected chi connectivity index (χ4v) is 5.61. The third-order valence-electron chi connectivity index (χ3n) is 6.54. The van der Waals surface area contributed by atoms with Crippen LogP contribution in [0.3, 0.4) is 0 Å². The van der Waals surface area contributed by atoms with Gasteiger partial charge in [-0.3, -0.25) is 14.5 Å². The Bertz CT molecular complexity index is 1520. The molecule has 0 unspecified atom stereocenters. The van der Waals surface area contributed by atoms with Crippen LogP contribution in [0.25, 0.3) is 17.0 Å². The van der Waals surface area contributed by atoms with Crippen molar-refractivity contribution >= 4 is 51.4 Å². The van der Waals surface area contributed by atoms with Crippen molar-refractivity contribution < 1.29 is 18.7 Å². The third kappa shape index (κ3) is 5.03. The van der Waals surface area contributed by atoms with Crippen LogP contribution in [0.15, 0.2) is 93.5 Å². The fourth-order valence-electron chi connectivity index (χ4n) is 4.62. The fraction of sp³-hybridized carbons (Fsp3) is 0.207. The largest absolute Gasteiger partial charge is 0.467 e. The van der Waals surface area contributed by atoms with Gasteiger partial charge in [0.2, 0.25) is 5.91 Å². The first-order valence-electron chi connectivity index (χ1n) is 12.5. The number of hydrogen-bond donors (Lipinski definition) is 0. The highest BCUT2D eigenvalue weighted by atomic mass is 32.2. The lowest BCUT2D eigenvalue weighted by atomic mass is 10.1. The first-order valence-corrected chi connectivity index (χ1v) is 13.3. The number of benzene rings is 2. The van der Waals surface area contributed by atoms with E-state index in [1.54, 1.807) is 17.2 Å². The molecule has 0 N–H and O–H groups in total. The van der Waals surface area contributed by atoms with Crippen LogP contribution in [0.1, 0.15) is 11.3 Å². The minimum Gasteiger partial charge on any atom is -0.467 e. The summed E-state index contributed by atoms with van der Waals surface area (Å²) >= 11 is 1.34. The first kappa shape index (κ1) is 24.3. The van der Waals surface area contributed by atoms with Gasteiger partial charge in [-0.05, 0) is 48.2 Å². The van der Waals surface area contributed by atoms with Crippen LogP contribution < -0.4 is 0 Å². The molecule has 4 aromatic rings. The second-order valence-corrected chi connectivity index (χ2v) is 10.0. The lowest BCUT2D eigenvalue weighted by Crippen LogP contribution is -2.42. The van der Waals surface area contributed by atoms with E-state index in [1.807, 2.05) is 82.4 Å². The van der Waals surface area contributed by atoms with E-state index in [0.29, 0.717) is 42.1 Å². The number of carbonyl (C=O) groups is 2. The molecule has 0 atom stereocenters. The van der Waals surface area contributed by atoms with E-state index in [1.165, 1.54) is 11.8 Å². The maximum Gasteiger partial charge on any atom is 0.267 e. The average molecular weight is 527 g/mol. The van der Waals surface area contributed by atoms with Crippen LogP contribution in [-0.2, 0) is 27.4 Å². The second-order valence-electron chi connectivity index (χ2n) is 9.03. The summed E-state index contributed by atoms with van der Waals surface area (Å²) in [6.07, 6.45) is 5.45. The van der Waals surface area contributed by atoms with Crippen molar-refractivity contribution in [3.05, 3.63) is 95.4 Å². The predicted octanol–water partition coefficient (Wildman–Crippen LogP) is 4.90. The quantitative estimate of drug-likeness (QED) is 0.334. The van der Waals surface area contributed by atoms with Crippen molar-refractivity contribution in [2.45, 2.75) is 13.1 Å². The van der Waals surface area contributed by atoms with Gasteiger partial charge in [0.25, 0.3) is 5.91 Å². The molecule has 0 bridgehead atoms. The number of para-hydroxylation sites is 2. The van der Waals surface area contributed by atoms with Gasteiger partial charge < -0.3 is 18.6 Å². The smallest absolute Gasteiger partial charge is 0.267 e. The Labute approximate surface area is 224 Å². The number of aliphatic imine (C=N–C) groups is 1. The Hall–Kier alpha value is -4.08. The highest BCUT2D eigenvalue weighted by Crippen LogP contribution is 2.36. The van der Waals surface area contributed by atoms with Crippen LogP contribution >= 0.6 is 11.8 Å². The molecule has 0 aliphatic carbocycles. The topological polar surface area (TPSA) is 80.3 Å². The molecule has 2 amide bonds. The molecule has 2 aliphatic rings. The highest BCUT2D eigenvalue weighted by molar-refractivity contribution is 8.18. The van der Waals surface area contributed by atoms with E-state index in [0.717, 1.165) is 22.2 Å². The number of nitrogens with zero attached hydrogens (tertiary/aromatic N) is 4. The van der Waals surface area contributed by atoms with E-state index in [-0.39, 0.29) is 24.9 Å². The van der Waals surface area contributed by atoms with Gasteiger partial charge in [-0.15, -0.1) is 0 Å². The molecular formula is C29H26N4O4S. The van der Waals surface area contributed by atoms with Crippen LogP contribution in [0.5, 0.6) is 0 Å². The van der Waals surface area contributed by atoms with Crippen molar-refractivity contribution in [1.29, 1.82) is 0 Å². The zero-order valence-corrected chi connectivity index (χ0v) is 21.5. The zero-order valence-electron chi connectivity index (χ0n) is 20.7. The maximum absolute atomic E-state index is 13.6. The lowest BCUT2D eigenvalue weighted by Gasteiger charge is -2.27. The Kier molecular flexibility index (Phi) is 6.85. The van der Waals surface area contributed by atoms with Gasteiger partial charge in [-0.25, -0.2) is 4.99 Å². The van der Waals surface area contributed by atoms with Crippen LogP contribution in [0, 0.1) is 0 Å². The number of morpholine rings is 1. The molecule has 192 valence electrons. The minimum absolute atomic E-state index is 0.0569. The third-order valence-corrected chi connectivity index (χ3v) is 7.55. The summed E-state index contributed by atoms with van der Waals surface area (Å²) in [6.45, 7) is 2.87. The summed E-state index contributed by atoms with van der Waals surface area (Å²) in [6, 6.07) is 21.2. The molecule has 2 aromatic heterocycles. The van der Waals surface area contributed by atoms with Crippen molar-refractivity contribution in [1.82, 2.24) is 14.4 Å². The Morgan fingerprint density at radius 2 is 1.79 bits per heavy atom. The van der Waals surface area contributed by atoms with E-state index in [9.17, 15) is 9.59 Å². The number of rotatable bonds is 6. The van der Waals surface area contributed by atoms with Crippen molar-refractivity contribution in [3.63, 3.8) is 0 Å². The van der Waals surface area contributed by atoms with Crippen LogP contribution in [-0.4, -0.2) is 57.7 Å². The standard InChI is InChI=1S/C29H26N4O4S/c34-27(31-12-15-36-16-13-31)20-32-18-21(24-10-4-5-11-25(24)32)17-26-28(35)33(19-23-9-6-14-37-23)29(38-26)30-22-7-2-1-3-8-22/h1-11,14,17-18H,12-13,15-16,19-20H2. The summed E-state index contributed by atoms with van der Waals surface area (Å²) in [5, 5.41) is 1.57. The number of furan rings is 1. The number of amides is 2. The number of fused-ring (bicyclic) bond motifs is 1. The number of aromatic nitrogens is 1. The number of thioether (sulfide) groups is 1. The van der Waals surface area contributed by atoms with E-state index >= 15 is 0 Å². The molecule has 0 spiro atoms. The minimum atomic E-state index is -0.137. The lowest BCUT2D eigenvalue weighted by molar-refractivity contribution is -0.135. The summed E-state index contributed by atoms with van der Waals surface area (Å²) < 4.78 is 12.9. The van der Waals surface area contributed by atoms with Gasteiger partial charge >= 0.3 is 0 Å². The maximum atomic E-state index is 13.6. The molecule has 0 saturated carbocycles. The first-order chi connectivity index (χ1) is 18.7. The van der Waals surface area contributed by atoms with Gasteiger partial charge in [-0.1, -0.05) is 36.4 Å². The highest BCUT2D eigenvalue weighted by Gasteiger charge is 2.34. The summed E-state index contributed by atoms with van der Waals surface area (Å²) in [5.41, 5.74) is 2.60. The van der Waals surface area contributed by atoms with Crippen molar-refractivity contribution in [2.75, 3.05) is 26.3 Å². The molecule has 2 fully saturated rings. The Morgan fingerprint density at radius 1 is 1.00 bits per heavy atom. The molecule has 8 nitrogen and oxygen atoms in total. The number of hydrogen-bond acceptors (Lipinski definition) is 6. The molecule has 4 heterocycles. The van der Waals surface area contributed by atoms with Crippen LogP contribution in [0.2, 0.25) is 0 Å². The molecule has 2 aliphatic heterocycles. The monoisotopic (exact) mass is 526 g/mol. The van der Waals surface area contributed by atoms with Gasteiger partial charge in [0.1, 0.15) is 12.3 Å². The molecule has 6 rings (SSSR count). The average Bonchev–Trinajstić information content (AvgIpc) is 3.66. The molecular weight excluding hydrogens is 500 g/mol. The van der Waals surface area contributed by atoms with Crippen LogP contribution in [0.4, 0.5) is 5.69 Å². The van der Waals surface area contributed by atoms with Crippen molar-refractivity contribution in [2.24, 2.45) is 4.99 Å². The van der Waals surface area contributed by atoms with Gasteiger partial charge in [0, 0.05) is 35.8 Å².